The minimum atomic E-state index is -1.57. The molecule has 2 aliphatic rings. The summed E-state index contributed by atoms with van der Waals surface area (Å²) in [6, 6.07) is 18.2. The van der Waals surface area contributed by atoms with Crippen LogP contribution in [0.1, 0.15) is 29.8 Å². The third kappa shape index (κ3) is 5.76. The average Bonchev–Trinajstić information content (AvgIpc) is 3.15. The Morgan fingerprint density at radius 1 is 0.886 bits per heavy atom. The molecule has 2 amide bonds. The molecule has 226 valence electrons. The van der Waals surface area contributed by atoms with Crippen molar-refractivity contribution in [3.63, 3.8) is 0 Å². The van der Waals surface area contributed by atoms with Crippen LogP contribution in [-0.2, 0) is 14.9 Å². The number of carbonyl (C=O) groups excluding carboxylic acids is 2. The molecule has 4 N–H and O–H groups in total. The molecule has 0 saturated carbocycles. The zero-order valence-corrected chi connectivity index (χ0v) is 23.9. The van der Waals surface area contributed by atoms with Gasteiger partial charge in [0.15, 0.2) is 0 Å². The van der Waals surface area contributed by atoms with Crippen molar-refractivity contribution in [2.45, 2.75) is 19.3 Å². The number of anilines is 7. The number of benzene rings is 3. The van der Waals surface area contributed by atoms with Crippen molar-refractivity contribution in [2.75, 3.05) is 52.5 Å². The number of carbonyl (C=O) groups is 2. The topological polar surface area (TPSA) is 108 Å². The van der Waals surface area contributed by atoms with E-state index in [1.54, 1.807) is 32.0 Å². The summed E-state index contributed by atoms with van der Waals surface area (Å²) in [5.41, 5.74) is 2.97. The molecular weight excluding hydrogens is 573 g/mol. The SMILES string of the molecule is CC(C)(C(=O)Nc1ccc(N2CCOCC2)cc1)c1ccc2c(c1)NC(=O)c1ccc(Nc3cc(F)nc(F)c3F)cc1N2. The van der Waals surface area contributed by atoms with E-state index in [-0.39, 0.29) is 11.6 Å². The van der Waals surface area contributed by atoms with Crippen LogP contribution >= 0.6 is 0 Å². The van der Waals surface area contributed by atoms with Gasteiger partial charge in [-0.25, -0.2) is 0 Å². The number of hydrogen-bond acceptors (Lipinski definition) is 7. The van der Waals surface area contributed by atoms with Crippen molar-refractivity contribution in [1.29, 1.82) is 0 Å². The van der Waals surface area contributed by atoms with Crippen LogP contribution in [0.5, 0.6) is 0 Å². The maximum absolute atomic E-state index is 14.1. The molecule has 2 aliphatic heterocycles. The second kappa shape index (κ2) is 11.5. The fourth-order valence-corrected chi connectivity index (χ4v) is 5.11. The zero-order valence-electron chi connectivity index (χ0n) is 23.9. The molecule has 1 saturated heterocycles. The largest absolute Gasteiger partial charge is 0.378 e. The van der Waals surface area contributed by atoms with Crippen LogP contribution in [0.15, 0.2) is 66.7 Å². The fourth-order valence-electron chi connectivity index (χ4n) is 5.11. The van der Waals surface area contributed by atoms with Crippen molar-refractivity contribution in [1.82, 2.24) is 4.98 Å². The van der Waals surface area contributed by atoms with Gasteiger partial charge < -0.3 is 30.9 Å². The van der Waals surface area contributed by atoms with Gasteiger partial charge in [-0.1, -0.05) is 6.07 Å². The quantitative estimate of drug-likeness (QED) is 0.192. The number of amides is 2. The Hall–Kier alpha value is -5.10. The Morgan fingerprint density at radius 2 is 1.61 bits per heavy atom. The lowest BCUT2D eigenvalue weighted by molar-refractivity contribution is -0.120. The molecule has 0 spiro atoms. The predicted molar refractivity (Wildman–Crippen MR) is 163 cm³/mol. The van der Waals surface area contributed by atoms with E-state index in [4.69, 9.17) is 4.74 Å². The Kier molecular flexibility index (Phi) is 7.60. The summed E-state index contributed by atoms with van der Waals surface area (Å²) in [5.74, 6) is -4.71. The van der Waals surface area contributed by atoms with Gasteiger partial charge in [0.25, 0.3) is 11.9 Å². The average molecular weight is 603 g/mol. The molecule has 3 aromatic carbocycles. The summed E-state index contributed by atoms with van der Waals surface area (Å²) in [6.07, 6.45) is 0. The smallest absolute Gasteiger partial charge is 0.257 e. The molecule has 4 aromatic rings. The lowest BCUT2D eigenvalue weighted by Gasteiger charge is -2.29. The van der Waals surface area contributed by atoms with Gasteiger partial charge in [0.1, 0.15) is 0 Å². The van der Waals surface area contributed by atoms with Gasteiger partial charge in [-0.3, -0.25) is 9.59 Å². The first-order valence-corrected chi connectivity index (χ1v) is 14.0. The van der Waals surface area contributed by atoms with E-state index in [1.807, 2.05) is 24.3 Å². The van der Waals surface area contributed by atoms with E-state index in [0.717, 1.165) is 24.8 Å². The molecule has 6 rings (SSSR count). The molecule has 0 unspecified atom stereocenters. The molecule has 1 fully saturated rings. The lowest BCUT2D eigenvalue weighted by atomic mass is 9.83. The van der Waals surface area contributed by atoms with Crippen molar-refractivity contribution in [3.05, 3.63) is 95.6 Å². The van der Waals surface area contributed by atoms with Gasteiger partial charge in [-0.2, -0.15) is 18.2 Å². The number of ether oxygens (including phenoxy) is 1. The molecule has 12 heteroatoms. The minimum absolute atomic E-state index is 0.222. The molecule has 3 heterocycles. The molecule has 44 heavy (non-hydrogen) atoms. The monoisotopic (exact) mass is 602 g/mol. The van der Waals surface area contributed by atoms with Gasteiger partial charge in [-0.15, -0.1) is 0 Å². The summed E-state index contributed by atoms with van der Waals surface area (Å²) >= 11 is 0. The predicted octanol–water partition coefficient (Wildman–Crippen LogP) is 6.30. The van der Waals surface area contributed by atoms with Gasteiger partial charge in [-0.05, 0) is 74.0 Å². The molecule has 0 radical (unpaired) electrons. The van der Waals surface area contributed by atoms with E-state index in [0.29, 0.717) is 47.1 Å². The number of aromatic nitrogens is 1. The van der Waals surface area contributed by atoms with Crippen LogP contribution in [0.4, 0.5) is 53.0 Å². The van der Waals surface area contributed by atoms with Crippen LogP contribution in [0.3, 0.4) is 0 Å². The maximum atomic E-state index is 14.1. The highest BCUT2D eigenvalue weighted by molar-refractivity contribution is 6.12. The van der Waals surface area contributed by atoms with Crippen molar-refractivity contribution in [2.24, 2.45) is 0 Å². The molecule has 1 aromatic heterocycles. The number of pyridine rings is 1. The van der Waals surface area contributed by atoms with Gasteiger partial charge in [0.05, 0.1) is 46.9 Å². The van der Waals surface area contributed by atoms with Crippen LogP contribution in [0.25, 0.3) is 0 Å². The molecule has 0 aliphatic carbocycles. The highest BCUT2D eigenvalue weighted by Gasteiger charge is 2.31. The number of nitrogens with one attached hydrogen (secondary N) is 4. The number of hydrogen-bond donors (Lipinski definition) is 4. The zero-order chi connectivity index (χ0) is 31.0. The first-order valence-electron chi connectivity index (χ1n) is 14.0. The Labute approximate surface area is 251 Å². The number of nitrogens with zero attached hydrogens (tertiary/aromatic N) is 2. The van der Waals surface area contributed by atoms with Crippen LogP contribution in [0.2, 0.25) is 0 Å². The van der Waals surface area contributed by atoms with E-state index in [2.05, 4.69) is 31.2 Å². The Bertz CT molecular complexity index is 1760. The summed E-state index contributed by atoms with van der Waals surface area (Å²) < 4.78 is 46.7. The number of rotatable bonds is 6. The van der Waals surface area contributed by atoms with E-state index < -0.39 is 34.7 Å². The molecule has 9 nitrogen and oxygen atoms in total. The molecule has 0 atom stereocenters. The van der Waals surface area contributed by atoms with Crippen molar-refractivity contribution < 1.29 is 27.5 Å². The van der Waals surface area contributed by atoms with E-state index >= 15 is 0 Å². The van der Waals surface area contributed by atoms with Crippen LogP contribution in [0, 0.1) is 17.7 Å². The first-order chi connectivity index (χ1) is 21.1. The maximum Gasteiger partial charge on any atom is 0.257 e. The normalized spacial score (nSPS) is 14.5. The van der Waals surface area contributed by atoms with Gasteiger partial charge >= 0.3 is 0 Å². The fraction of sp³-hybridized carbons (Fsp3) is 0.219. The number of fused-ring (bicyclic) bond motifs is 2. The first kappa shape index (κ1) is 29.0. The van der Waals surface area contributed by atoms with Crippen molar-refractivity contribution in [3.8, 4) is 0 Å². The highest BCUT2D eigenvalue weighted by Crippen LogP contribution is 2.37. The Balaban J connectivity index is 1.19. The highest BCUT2D eigenvalue weighted by atomic mass is 19.2. The van der Waals surface area contributed by atoms with Crippen LogP contribution in [-0.4, -0.2) is 43.1 Å². The summed E-state index contributed by atoms with van der Waals surface area (Å²) in [7, 11) is 0. The summed E-state index contributed by atoms with van der Waals surface area (Å²) in [6.45, 7) is 6.61. The molecular formula is C32H29F3N6O3. The summed E-state index contributed by atoms with van der Waals surface area (Å²) in [4.78, 5) is 31.6. The number of halogens is 3. The third-order valence-corrected chi connectivity index (χ3v) is 7.76. The van der Waals surface area contributed by atoms with E-state index in [1.165, 1.54) is 18.2 Å². The van der Waals surface area contributed by atoms with E-state index in [9.17, 15) is 22.8 Å². The number of morpholine rings is 1. The lowest BCUT2D eigenvalue weighted by Crippen LogP contribution is -2.36. The second-order valence-corrected chi connectivity index (χ2v) is 11.0. The standard InChI is InChI=1S/C32H29F3N6O3/c1-32(2,31(43)37-19-4-7-21(8-5-19)41-11-13-44-14-12-41)18-3-10-23-25(15-18)39-30(42)22-9-6-20(16-24(22)38-23)36-26-17-27(33)40-29(35)28(26)34/h3-10,15-17,38H,11-14H2,1-2H3,(H,36,40)(H,37,43)(H,39,42). The minimum Gasteiger partial charge on any atom is -0.378 e. The molecule has 0 bridgehead atoms. The van der Waals surface area contributed by atoms with Crippen LogP contribution < -0.4 is 26.2 Å². The third-order valence-electron chi connectivity index (χ3n) is 7.76. The Morgan fingerprint density at radius 3 is 2.36 bits per heavy atom. The summed E-state index contributed by atoms with van der Waals surface area (Å²) in [5, 5.41) is 11.7. The van der Waals surface area contributed by atoms with Gasteiger partial charge in [0.2, 0.25) is 17.7 Å². The second-order valence-electron chi connectivity index (χ2n) is 11.0. The van der Waals surface area contributed by atoms with Gasteiger partial charge in [0, 0.05) is 36.2 Å². The van der Waals surface area contributed by atoms with Crippen molar-refractivity contribution >= 4 is 51.6 Å².